The molecule has 0 radical (unpaired) electrons. The quantitative estimate of drug-likeness (QED) is 0.814. The Bertz CT molecular complexity index is 524. The van der Waals surface area contributed by atoms with Gasteiger partial charge >= 0.3 is 0 Å². The van der Waals surface area contributed by atoms with Crippen LogP contribution in [0, 0.1) is 5.92 Å². The van der Waals surface area contributed by atoms with E-state index in [1.54, 1.807) is 0 Å². The van der Waals surface area contributed by atoms with Gasteiger partial charge in [0.15, 0.2) is 0 Å². The van der Waals surface area contributed by atoms with Crippen molar-refractivity contribution < 1.29 is 4.74 Å². The number of likely N-dealkylation sites (tertiary alicyclic amines) is 1. The van der Waals surface area contributed by atoms with Gasteiger partial charge in [-0.05, 0) is 82.4 Å². The van der Waals surface area contributed by atoms with E-state index >= 15 is 0 Å². The van der Waals surface area contributed by atoms with Gasteiger partial charge in [0.05, 0.1) is 6.61 Å². The highest BCUT2D eigenvalue weighted by Crippen LogP contribution is 2.31. The summed E-state index contributed by atoms with van der Waals surface area (Å²) in [7, 11) is 0. The summed E-state index contributed by atoms with van der Waals surface area (Å²) in [5, 5.41) is 0. The average molecular weight is 329 g/mol. The summed E-state index contributed by atoms with van der Waals surface area (Å²) in [5.74, 6) is 1.79. The number of benzene rings is 1. The Morgan fingerprint density at radius 3 is 2.67 bits per heavy atom. The first-order chi connectivity index (χ1) is 11.9. The number of nitrogens with zero attached hydrogens (tertiary/aromatic N) is 2. The molecule has 3 aliphatic rings. The Hall–Kier alpha value is -1.06. The minimum atomic E-state index is 0.723. The van der Waals surface area contributed by atoms with Crippen LogP contribution in [0.5, 0.6) is 5.75 Å². The number of fused-ring (bicyclic) bond motifs is 1. The van der Waals surface area contributed by atoms with E-state index in [9.17, 15) is 0 Å². The van der Waals surface area contributed by atoms with E-state index in [0.29, 0.717) is 0 Å². The molecule has 0 unspecified atom stereocenters. The molecule has 0 N–H and O–H groups in total. The minimum absolute atomic E-state index is 0.723. The first-order valence-electron chi connectivity index (χ1n) is 10.1. The Labute approximate surface area is 147 Å². The summed E-state index contributed by atoms with van der Waals surface area (Å²) in [6, 6.07) is 9.58. The van der Waals surface area contributed by atoms with Crippen molar-refractivity contribution in [1.29, 1.82) is 0 Å². The maximum absolute atomic E-state index is 6.25. The van der Waals surface area contributed by atoms with Crippen molar-refractivity contribution in [1.82, 2.24) is 9.80 Å². The molecule has 0 aliphatic carbocycles. The molecule has 24 heavy (non-hydrogen) atoms. The summed E-state index contributed by atoms with van der Waals surface area (Å²) in [6.45, 7) is 7.11. The second-order valence-electron chi connectivity index (χ2n) is 7.94. The highest BCUT2D eigenvalue weighted by atomic mass is 16.5. The lowest BCUT2D eigenvalue weighted by atomic mass is 9.84. The fourth-order valence-corrected chi connectivity index (χ4v) is 4.91. The molecule has 3 heteroatoms. The third-order valence-electron chi connectivity index (χ3n) is 6.20. The van der Waals surface area contributed by atoms with Gasteiger partial charge in [-0.25, -0.2) is 0 Å². The standard InChI is InChI=1S/C21H32N2O/c1-2-13-23-14-6-8-19(21(23)10-1)17-24-20-9-5-7-18(15-20)16-22-11-3-4-12-22/h5,7,9,15,19,21H,1-4,6,8,10-14,16-17H2/t19-,21+/m0/s1. The number of ether oxygens (including phenoxy) is 1. The number of piperidine rings is 2. The molecule has 4 rings (SSSR count). The normalized spacial score (nSPS) is 28.7. The van der Waals surface area contributed by atoms with Crippen molar-refractivity contribution in [2.75, 3.05) is 32.8 Å². The fraction of sp³-hybridized carbons (Fsp3) is 0.714. The Balaban J connectivity index is 1.33. The average Bonchev–Trinajstić information content (AvgIpc) is 3.13. The predicted molar refractivity (Wildman–Crippen MR) is 98.4 cm³/mol. The van der Waals surface area contributed by atoms with Crippen molar-refractivity contribution >= 4 is 0 Å². The number of rotatable bonds is 5. The fourth-order valence-electron chi connectivity index (χ4n) is 4.91. The van der Waals surface area contributed by atoms with Crippen LogP contribution in [0.4, 0.5) is 0 Å². The van der Waals surface area contributed by atoms with Crippen LogP contribution in [0.15, 0.2) is 24.3 Å². The summed E-state index contributed by atoms with van der Waals surface area (Å²) < 4.78 is 6.25. The van der Waals surface area contributed by atoms with Crippen LogP contribution in [-0.2, 0) is 6.54 Å². The first kappa shape index (κ1) is 16.4. The van der Waals surface area contributed by atoms with Crippen molar-refractivity contribution in [3.63, 3.8) is 0 Å². The van der Waals surface area contributed by atoms with Crippen LogP contribution >= 0.6 is 0 Å². The third kappa shape index (κ3) is 3.94. The Kier molecular flexibility index (Phi) is 5.39. The molecule has 0 saturated carbocycles. The van der Waals surface area contributed by atoms with E-state index < -0.39 is 0 Å². The second kappa shape index (κ2) is 7.88. The molecule has 1 aromatic carbocycles. The molecule has 0 amide bonds. The molecule has 3 heterocycles. The van der Waals surface area contributed by atoms with Crippen molar-refractivity contribution in [3.05, 3.63) is 29.8 Å². The van der Waals surface area contributed by atoms with Crippen molar-refractivity contribution in [3.8, 4) is 5.75 Å². The molecule has 3 fully saturated rings. The second-order valence-corrected chi connectivity index (χ2v) is 7.94. The van der Waals surface area contributed by atoms with Crippen LogP contribution in [0.3, 0.4) is 0 Å². The predicted octanol–water partition coefficient (Wildman–Crippen LogP) is 3.93. The SMILES string of the molecule is c1cc(CN2CCCC2)cc(OC[C@@H]2CCCN3CCCC[C@H]23)c1. The zero-order chi connectivity index (χ0) is 16.2. The highest BCUT2D eigenvalue weighted by molar-refractivity contribution is 5.28. The van der Waals surface area contributed by atoms with Gasteiger partial charge in [-0.15, -0.1) is 0 Å². The first-order valence-corrected chi connectivity index (χ1v) is 10.1. The van der Waals surface area contributed by atoms with Crippen LogP contribution in [0.25, 0.3) is 0 Å². The summed E-state index contributed by atoms with van der Waals surface area (Å²) in [4.78, 5) is 5.28. The van der Waals surface area contributed by atoms with E-state index in [-0.39, 0.29) is 0 Å². The molecule has 132 valence electrons. The molecular formula is C21H32N2O. The van der Waals surface area contributed by atoms with Gasteiger partial charge in [-0.1, -0.05) is 18.6 Å². The number of hydrogen-bond donors (Lipinski definition) is 0. The van der Waals surface area contributed by atoms with Crippen LogP contribution in [-0.4, -0.2) is 48.6 Å². The van der Waals surface area contributed by atoms with Crippen LogP contribution in [0.2, 0.25) is 0 Å². The molecule has 1 aromatic rings. The minimum Gasteiger partial charge on any atom is -0.493 e. The lowest BCUT2D eigenvalue weighted by Crippen LogP contribution is -2.49. The zero-order valence-electron chi connectivity index (χ0n) is 15.0. The van der Waals surface area contributed by atoms with E-state index in [2.05, 4.69) is 34.1 Å². The summed E-state index contributed by atoms with van der Waals surface area (Å²) >= 11 is 0. The zero-order valence-corrected chi connectivity index (χ0v) is 15.0. The molecule has 3 saturated heterocycles. The molecule has 2 atom stereocenters. The van der Waals surface area contributed by atoms with Gasteiger partial charge < -0.3 is 4.74 Å². The maximum atomic E-state index is 6.25. The van der Waals surface area contributed by atoms with Gasteiger partial charge in [0.2, 0.25) is 0 Å². The van der Waals surface area contributed by atoms with Gasteiger partial charge in [-0.2, -0.15) is 0 Å². The van der Waals surface area contributed by atoms with Gasteiger partial charge in [0.1, 0.15) is 5.75 Å². The summed E-state index contributed by atoms with van der Waals surface area (Å²) in [5.41, 5.74) is 1.40. The van der Waals surface area contributed by atoms with E-state index in [1.807, 2.05) is 0 Å². The van der Waals surface area contributed by atoms with Gasteiger partial charge in [0, 0.05) is 18.5 Å². The van der Waals surface area contributed by atoms with E-state index in [1.165, 1.54) is 76.7 Å². The maximum Gasteiger partial charge on any atom is 0.119 e. The van der Waals surface area contributed by atoms with Crippen molar-refractivity contribution in [2.45, 2.75) is 57.5 Å². The van der Waals surface area contributed by atoms with Crippen LogP contribution in [0.1, 0.15) is 50.5 Å². The summed E-state index contributed by atoms with van der Waals surface area (Å²) in [6.07, 6.45) is 9.58. The lowest BCUT2D eigenvalue weighted by molar-refractivity contribution is 0.0366. The Morgan fingerprint density at radius 2 is 1.75 bits per heavy atom. The molecule has 3 aliphatic heterocycles. The monoisotopic (exact) mass is 328 g/mol. The highest BCUT2D eigenvalue weighted by Gasteiger charge is 2.33. The molecule has 3 nitrogen and oxygen atoms in total. The molecular weight excluding hydrogens is 296 g/mol. The topological polar surface area (TPSA) is 15.7 Å². The van der Waals surface area contributed by atoms with Gasteiger partial charge in [-0.3, -0.25) is 9.80 Å². The largest absolute Gasteiger partial charge is 0.493 e. The van der Waals surface area contributed by atoms with Crippen LogP contribution < -0.4 is 4.74 Å². The molecule has 0 bridgehead atoms. The van der Waals surface area contributed by atoms with Gasteiger partial charge in [0.25, 0.3) is 0 Å². The van der Waals surface area contributed by atoms with Crippen molar-refractivity contribution in [2.24, 2.45) is 5.92 Å². The van der Waals surface area contributed by atoms with E-state index in [4.69, 9.17) is 4.74 Å². The molecule has 0 aromatic heterocycles. The third-order valence-corrected chi connectivity index (χ3v) is 6.20. The van der Waals surface area contributed by atoms with E-state index in [0.717, 1.165) is 30.9 Å². The lowest BCUT2D eigenvalue weighted by Gasteiger charge is -2.44. The smallest absolute Gasteiger partial charge is 0.119 e. The Morgan fingerprint density at radius 1 is 0.917 bits per heavy atom. The molecule has 0 spiro atoms. The number of hydrogen-bond acceptors (Lipinski definition) is 3.